The van der Waals surface area contributed by atoms with Gasteiger partial charge in [-0.05, 0) is 160 Å². The first-order chi connectivity index (χ1) is 38.7. The summed E-state index contributed by atoms with van der Waals surface area (Å²) in [6.07, 6.45) is -17.9. The molecule has 9 nitrogen and oxygen atoms in total. The summed E-state index contributed by atoms with van der Waals surface area (Å²) < 4.78 is 191. The van der Waals surface area contributed by atoms with Gasteiger partial charge in [0.05, 0.1) is 0 Å². The highest BCUT2D eigenvalue weighted by Crippen LogP contribution is 2.47. The normalized spacial score (nSPS) is 16.5. The molecule has 0 unspecified atom stereocenters. The first kappa shape index (κ1) is 67.4. The number of halogens is 12. The van der Waals surface area contributed by atoms with Gasteiger partial charge >= 0.3 is 47.8 Å². The van der Waals surface area contributed by atoms with Gasteiger partial charge in [-0.2, -0.15) is 52.7 Å². The van der Waals surface area contributed by atoms with Gasteiger partial charge < -0.3 is 33.5 Å². The quantitative estimate of drug-likeness (QED) is 0.0478. The van der Waals surface area contributed by atoms with Crippen LogP contribution < -0.4 is 9.47 Å². The number of carbonyl (C=O) groups is 2. The van der Waals surface area contributed by atoms with Crippen molar-refractivity contribution in [2.75, 3.05) is 27.1 Å². The molecule has 2 heterocycles. The Hall–Kier alpha value is -6.42. The van der Waals surface area contributed by atoms with Crippen LogP contribution in [0.3, 0.4) is 0 Å². The average Bonchev–Trinajstić information content (AvgIpc) is 3.53. The van der Waals surface area contributed by atoms with E-state index in [1.165, 1.54) is 18.1 Å². The fraction of sp³-hybridized carbons (Fsp3) is 0.516. The van der Waals surface area contributed by atoms with E-state index in [1.807, 2.05) is 83.9 Å². The number of esters is 2. The number of benzene rings is 4. The third-order valence-electron chi connectivity index (χ3n) is 15.5. The first-order valence-electron chi connectivity index (χ1n) is 27.0. The zero-order valence-electron chi connectivity index (χ0n) is 47.5. The standard InChI is InChI=1S/C32H36F6O5.C30H32F6O4/c1-6-29(7-2,25-13-14-27(22(4)18-25)41-19-26-9-8-10-28(39)43-26)24-12-11-23(21(3)17-24)15-16-30(31(33,34)35,32(36,37)38)42-20-40-5;1-5-27(6-2,23-12-13-25(20(4)17-23)39-18-24-8-7-9-26(37)40-24)22-11-10-21(19(3)16-22)14-15-28(38,29(31,32)33)30(34,35)36/h11-14,17-18,26H,6-10,19-20H2,1-5H3;10-13,16-17,24,38H,5-9,18H2,1-4H3/t26-;24-/m00/s1. The van der Waals surface area contributed by atoms with Gasteiger partial charge in [0.25, 0.3) is 0 Å². The van der Waals surface area contributed by atoms with E-state index in [0.717, 1.165) is 72.1 Å². The second kappa shape index (κ2) is 27.1. The van der Waals surface area contributed by atoms with Crippen LogP contribution in [0.2, 0.25) is 0 Å². The zero-order chi connectivity index (χ0) is 62.0. The number of ether oxygens (including phenoxy) is 6. The predicted octanol–water partition coefficient (Wildman–Crippen LogP) is 14.8. The fourth-order valence-electron chi connectivity index (χ4n) is 10.3. The second-order valence-electron chi connectivity index (χ2n) is 20.7. The molecular formula is C62H68F12O9. The zero-order valence-corrected chi connectivity index (χ0v) is 47.5. The van der Waals surface area contributed by atoms with E-state index in [-0.39, 0.29) is 48.5 Å². The number of methoxy groups -OCH3 is 1. The van der Waals surface area contributed by atoms with Crippen LogP contribution in [-0.2, 0) is 39.4 Å². The Kier molecular flexibility index (Phi) is 22.0. The Morgan fingerprint density at radius 3 is 1.17 bits per heavy atom. The third kappa shape index (κ3) is 15.1. The highest BCUT2D eigenvalue weighted by atomic mass is 19.4. The molecule has 0 aromatic heterocycles. The smallest absolute Gasteiger partial charge is 0.438 e. The topological polar surface area (TPSA) is 110 Å². The van der Waals surface area contributed by atoms with Gasteiger partial charge in [0.1, 0.15) is 43.7 Å². The molecule has 2 aliphatic heterocycles. The van der Waals surface area contributed by atoms with Crippen molar-refractivity contribution in [3.05, 3.63) is 128 Å². The molecule has 2 atom stereocenters. The van der Waals surface area contributed by atoms with E-state index >= 15 is 0 Å². The van der Waals surface area contributed by atoms with Gasteiger partial charge in [-0.3, -0.25) is 9.59 Å². The van der Waals surface area contributed by atoms with Crippen LogP contribution in [0.25, 0.3) is 0 Å². The maximum absolute atomic E-state index is 13.7. The number of aliphatic hydroxyl groups is 1. The van der Waals surface area contributed by atoms with E-state index in [9.17, 15) is 67.4 Å². The van der Waals surface area contributed by atoms with Crippen molar-refractivity contribution in [2.45, 2.75) is 179 Å². The highest BCUT2D eigenvalue weighted by Gasteiger charge is 2.73. The highest BCUT2D eigenvalue weighted by molar-refractivity contribution is 5.70. The lowest BCUT2D eigenvalue weighted by molar-refractivity contribution is -0.368. The van der Waals surface area contributed by atoms with Crippen LogP contribution in [0.5, 0.6) is 11.5 Å². The first-order valence-corrected chi connectivity index (χ1v) is 27.0. The van der Waals surface area contributed by atoms with Crippen LogP contribution in [0, 0.1) is 51.4 Å². The molecule has 21 heteroatoms. The minimum Gasteiger partial charge on any atom is -0.489 e. The van der Waals surface area contributed by atoms with E-state index in [2.05, 4.69) is 15.4 Å². The molecule has 2 saturated heterocycles. The third-order valence-corrected chi connectivity index (χ3v) is 15.5. The number of rotatable bonds is 17. The molecule has 2 fully saturated rings. The molecule has 2 aliphatic rings. The van der Waals surface area contributed by atoms with Gasteiger partial charge in [-0.1, -0.05) is 88.1 Å². The van der Waals surface area contributed by atoms with Crippen LogP contribution in [0.15, 0.2) is 72.8 Å². The van der Waals surface area contributed by atoms with Crippen LogP contribution in [0.4, 0.5) is 52.7 Å². The van der Waals surface area contributed by atoms with E-state index in [4.69, 9.17) is 18.9 Å². The number of aryl methyl sites for hydroxylation is 4. The molecule has 4 aromatic carbocycles. The molecule has 454 valence electrons. The van der Waals surface area contributed by atoms with Crippen LogP contribution in [-0.4, -0.2) is 92.3 Å². The van der Waals surface area contributed by atoms with Crippen molar-refractivity contribution in [1.82, 2.24) is 0 Å². The summed E-state index contributed by atoms with van der Waals surface area (Å²) in [4.78, 5) is 23.1. The van der Waals surface area contributed by atoms with Crippen molar-refractivity contribution < 1.29 is 95.8 Å². The summed E-state index contributed by atoms with van der Waals surface area (Å²) in [6, 6.07) is 21.1. The average molecular weight is 1190 g/mol. The lowest BCUT2D eigenvalue weighted by Crippen LogP contribution is -2.58. The van der Waals surface area contributed by atoms with E-state index in [1.54, 1.807) is 38.1 Å². The van der Waals surface area contributed by atoms with Crippen molar-refractivity contribution in [1.29, 1.82) is 0 Å². The molecular weight excluding hydrogens is 1120 g/mol. The van der Waals surface area contributed by atoms with Crippen LogP contribution in [0.1, 0.15) is 148 Å². The minimum atomic E-state index is -6.01. The summed E-state index contributed by atoms with van der Waals surface area (Å²) in [5, 5.41) is 9.36. The van der Waals surface area contributed by atoms with Gasteiger partial charge in [0.2, 0.25) is 0 Å². The van der Waals surface area contributed by atoms with Crippen molar-refractivity contribution >= 4 is 11.9 Å². The SMILES string of the molecule is CCC(CC)(c1ccc(C#CC(O)(C(F)(F)F)C(F)(F)F)c(C)c1)c1ccc(OC[C@@H]2CCCC(=O)O2)c(C)c1.CCC(CC)(c1ccc(C#CC(OCOC)(C(F)(F)F)C(F)(F)F)c(C)c1)c1ccc(OC[C@@H]2CCCC(=O)O2)c(C)c1. The van der Waals surface area contributed by atoms with Gasteiger partial charge in [-0.15, -0.1) is 0 Å². The van der Waals surface area contributed by atoms with Gasteiger partial charge in [0.15, 0.2) is 0 Å². The molecule has 0 bridgehead atoms. The largest absolute Gasteiger partial charge is 0.489 e. The Balaban J connectivity index is 0.000000305. The Morgan fingerprint density at radius 1 is 0.518 bits per heavy atom. The summed E-state index contributed by atoms with van der Waals surface area (Å²) >= 11 is 0. The summed E-state index contributed by atoms with van der Waals surface area (Å²) in [5.41, 5.74) is -4.76. The molecule has 0 amide bonds. The number of carbonyl (C=O) groups excluding carboxylic acids is 2. The predicted molar refractivity (Wildman–Crippen MR) is 285 cm³/mol. The molecule has 0 aliphatic carbocycles. The van der Waals surface area contributed by atoms with E-state index in [0.29, 0.717) is 61.2 Å². The Bertz CT molecular complexity index is 2990. The maximum Gasteiger partial charge on any atom is 0.438 e. The van der Waals surface area contributed by atoms with E-state index < -0.39 is 53.5 Å². The second-order valence-corrected chi connectivity index (χ2v) is 20.7. The lowest BCUT2D eigenvalue weighted by Gasteiger charge is -2.34. The minimum absolute atomic E-state index is 0.00656. The summed E-state index contributed by atoms with van der Waals surface area (Å²) in [6.45, 7) is 14.2. The monoisotopic (exact) mass is 1180 g/mol. The lowest BCUT2D eigenvalue weighted by atomic mass is 9.70. The molecule has 1 N–H and O–H groups in total. The Morgan fingerprint density at radius 2 is 0.867 bits per heavy atom. The van der Waals surface area contributed by atoms with Crippen molar-refractivity contribution in [2.24, 2.45) is 0 Å². The Labute approximate surface area is 475 Å². The molecule has 0 spiro atoms. The maximum atomic E-state index is 13.7. The number of hydrogen-bond donors (Lipinski definition) is 1. The number of alkyl halides is 12. The molecule has 6 rings (SSSR count). The number of cyclic esters (lactones) is 2. The van der Waals surface area contributed by atoms with Crippen molar-refractivity contribution in [3.8, 4) is 35.2 Å². The summed E-state index contributed by atoms with van der Waals surface area (Å²) in [5.74, 6) is 7.16. The van der Waals surface area contributed by atoms with Crippen LogP contribution >= 0.6 is 0 Å². The summed E-state index contributed by atoms with van der Waals surface area (Å²) in [7, 11) is 0.916. The van der Waals surface area contributed by atoms with Gasteiger partial charge in [0, 0.05) is 41.9 Å². The molecule has 0 saturated carbocycles. The molecule has 0 radical (unpaired) electrons. The molecule has 83 heavy (non-hydrogen) atoms. The number of hydrogen-bond acceptors (Lipinski definition) is 9. The molecule has 4 aromatic rings. The fourth-order valence-corrected chi connectivity index (χ4v) is 10.3. The van der Waals surface area contributed by atoms with Crippen molar-refractivity contribution in [3.63, 3.8) is 0 Å². The van der Waals surface area contributed by atoms with Gasteiger partial charge in [-0.25, -0.2) is 0 Å².